The highest BCUT2D eigenvalue weighted by Crippen LogP contribution is 2.39. The molecule has 4 aliphatic rings. The van der Waals surface area contributed by atoms with Crippen LogP contribution in [0.4, 0.5) is 29.2 Å². The molecule has 2 aromatic carbocycles. The number of aliphatic hydroxyl groups is 2. The fraction of sp³-hybridized carbons (Fsp3) is 0.378. The summed E-state index contributed by atoms with van der Waals surface area (Å²) in [4.78, 5) is 28.8. The molecule has 1 amide bonds. The molecule has 11 rings (SSSR count). The predicted octanol–water partition coefficient (Wildman–Crippen LogP) is 5.80. The van der Waals surface area contributed by atoms with Crippen LogP contribution in [-0.4, -0.2) is 108 Å². The molecular weight excluding hydrogens is 893 g/mol. The molecule has 3 saturated heterocycles. The van der Waals surface area contributed by atoms with Gasteiger partial charge in [0.25, 0.3) is 0 Å². The topological polar surface area (TPSA) is 208 Å². The molecule has 350 valence electrons. The van der Waals surface area contributed by atoms with Gasteiger partial charge in [0.1, 0.15) is 40.7 Å². The predicted molar refractivity (Wildman–Crippen MR) is 242 cm³/mol. The Morgan fingerprint density at radius 1 is 0.746 bits per heavy atom. The highest BCUT2D eigenvalue weighted by molar-refractivity contribution is 8.13. The molecule has 3 fully saturated rings. The number of β-amino-alcohol motifs (C(OH)–C–C–N with tert-alkyl or cyclic N) is 1. The standard InChI is InChI=1S/C22H21F2N7O.C18H17F2N5S.C5H10N2O2/c23-13-3-5-17(24)15(10-13)18-2-1-8-29(18)19-7-9-30-22(27-19)16(11-25-30)21-26-20-6-4-14(32)12-31(20)28-21;1-26-17(21)13-10-22-25-8-6-16(23-18(13)25)24-7-2-3-15(24)12-9-11(19)4-5-14(12)20;6-7-3-4(8)1-2-5(7)9/h3,5,7,9-11,14,18,32H,1-2,4,6,8,12H2;4-6,8-10,15,21H,2-3,7H2,1H3;4,8H,1-3,6H2/t14?,18-;15-;/m11./s1. The lowest BCUT2D eigenvalue weighted by molar-refractivity contribution is -0.136. The molecule has 7 aromatic rings. The fourth-order valence-corrected chi connectivity index (χ4v) is 9.36. The van der Waals surface area contributed by atoms with E-state index in [1.54, 1.807) is 38.5 Å². The van der Waals surface area contributed by atoms with Gasteiger partial charge in [0.2, 0.25) is 5.91 Å². The zero-order valence-electron chi connectivity index (χ0n) is 36.4. The van der Waals surface area contributed by atoms with E-state index in [1.165, 1.54) is 36.0 Å². The number of hydrogen-bond acceptors (Lipinski definition) is 14. The summed E-state index contributed by atoms with van der Waals surface area (Å²) >= 11 is 1.32. The van der Waals surface area contributed by atoms with Crippen LogP contribution in [0.5, 0.6) is 0 Å². The molecule has 5 N–H and O–H groups in total. The molecule has 9 heterocycles. The Kier molecular flexibility index (Phi) is 13.2. The molecule has 0 bridgehead atoms. The molecule has 0 aliphatic carbocycles. The number of nitrogens with zero attached hydrogens (tertiary/aromatic N) is 12. The number of hydrazine groups is 1. The second-order valence-electron chi connectivity index (χ2n) is 16.8. The van der Waals surface area contributed by atoms with E-state index in [0.717, 1.165) is 48.6 Å². The summed E-state index contributed by atoms with van der Waals surface area (Å²) in [5.74, 6) is 6.10. The van der Waals surface area contributed by atoms with E-state index < -0.39 is 35.5 Å². The van der Waals surface area contributed by atoms with E-state index in [2.05, 4.69) is 25.3 Å². The number of carbonyl (C=O) groups is 1. The van der Waals surface area contributed by atoms with Crippen molar-refractivity contribution in [1.82, 2.24) is 49.0 Å². The minimum atomic E-state index is -0.449. The number of anilines is 2. The van der Waals surface area contributed by atoms with Gasteiger partial charge in [0.15, 0.2) is 17.1 Å². The summed E-state index contributed by atoms with van der Waals surface area (Å²) in [5.41, 5.74) is 3.24. The first-order chi connectivity index (χ1) is 32.3. The zero-order valence-corrected chi connectivity index (χ0v) is 37.2. The van der Waals surface area contributed by atoms with Crippen LogP contribution < -0.4 is 15.6 Å². The van der Waals surface area contributed by atoms with Crippen LogP contribution >= 0.6 is 11.8 Å². The van der Waals surface area contributed by atoms with Crippen LogP contribution in [0, 0.1) is 28.7 Å². The van der Waals surface area contributed by atoms with Gasteiger partial charge in [0.05, 0.1) is 65.9 Å². The first-order valence-corrected chi connectivity index (χ1v) is 23.2. The summed E-state index contributed by atoms with van der Waals surface area (Å²) in [6.45, 7) is 2.11. The first kappa shape index (κ1) is 45.7. The SMILES string of the molecule is CSC(=N)c1cnn2ccc(N3CCC[C@@H]3c3cc(F)ccc3F)nc12.NN1CC(O)CCC1=O.OC1CCc2nc(-c3cnn4ccc(N5CCC[C@@H]5c5cc(F)ccc5F)nc34)nn2C1. The summed E-state index contributed by atoms with van der Waals surface area (Å²) < 4.78 is 61.2. The van der Waals surface area contributed by atoms with Crippen molar-refractivity contribution >= 4 is 45.6 Å². The number of nitrogens with two attached hydrogens (primary N) is 1. The Labute approximate surface area is 385 Å². The highest BCUT2D eigenvalue weighted by atomic mass is 32.2. The second kappa shape index (κ2) is 19.4. The number of benzene rings is 2. The van der Waals surface area contributed by atoms with Crippen molar-refractivity contribution in [3.8, 4) is 11.4 Å². The van der Waals surface area contributed by atoms with Gasteiger partial charge in [-0.15, -0.1) is 11.8 Å². The van der Waals surface area contributed by atoms with E-state index in [1.807, 2.05) is 28.2 Å². The van der Waals surface area contributed by atoms with Gasteiger partial charge in [0, 0.05) is 49.5 Å². The zero-order chi connectivity index (χ0) is 46.9. The molecule has 4 atom stereocenters. The number of rotatable bonds is 6. The van der Waals surface area contributed by atoms with Crippen molar-refractivity contribution in [2.45, 2.75) is 82.2 Å². The van der Waals surface area contributed by atoms with Crippen molar-refractivity contribution in [3.05, 3.63) is 119 Å². The third-order valence-corrected chi connectivity index (χ3v) is 13.0. The number of thioether (sulfide) groups is 1. The lowest BCUT2D eigenvalue weighted by Gasteiger charge is -2.26. The molecule has 2 unspecified atom stereocenters. The third kappa shape index (κ3) is 9.56. The molecular formula is C45H48F4N14O3S. The molecule has 0 saturated carbocycles. The quantitative estimate of drug-likeness (QED) is 0.0512. The number of aryl methyl sites for hydroxylation is 1. The van der Waals surface area contributed by atoms with Crippen molar-refractivity contribution < 1.29 is 32.6 Å². The number of fused-ring (bicyclic) bond motifs is 3. The van der Waals surface area contributed by atoms with Crippen molar-refractivity contribution in [2.24, 2.45) is 5.84 Å². The molecule has 67 heavy (non-hydrogen) atoms. The van der Waals surface area contributed by atoms with Crippen LogP contribution in [-0.2, 0) is 17.8 Å². The molecule has 5 aromatic heterocycles. The number of nitrogens with one attached hydrogen (secondary N) is 1. The number of amides is 1. The molecule has 0 spiro atoms. The highest BCUT2D eigenvalue weighted by Gasteiger charge is 2.32. The third-order valence-electron chi connectivity index (χ3n) is 12.4. The Morgan fingerprint density at radius 2 is 1.31 bits per heavy atom. The normalized spacial score (nSPS) is 20.5. The molecule has 17 nitrogen and oxygen atoms in total. The number of aliphatic hydroxyl groups excluding tert-OH is 2. The van der Waals surface area contributed by atoms with Crippen molar-refractivity contribution in [2.75, 3.05) is 35.7 Å². The monoisotopic (exact) mass is 940 g/mol. The summed E-state index contributed by atoms with van der Waals surface area (Å²) in [6.07, 6.45) is 13.3. The summed E-state index contributed by atoms with van der Waals surface area (Å²) in [5, 5.41) is 41.5. The van der Waals surface area contributed by atoms with E-state index in [4.69, 9.17) is 21.3 Å². The smallest absolute Gasteiger partial charge is 0.236 e. The summed E-state index contributed by atoms with van der Waals surface area (Å²) in [7, 11) is 0. The van der Waals surface area contributed by atoms with Crippen molar-refractivity contribution in [1.29, 1.82) is 5.41 Å². The average Bonchev–Trinajstić information content (AvgIpc) is 4.19. The average molecular weight is 941 g/mol. The Hall–Kier alpha value is -6.49. The number of carbonyl (C=O) groups excluding carboxylic acids is 1. The maximum absolute atomic E-state index is 14.5. The van der Waals surface area contributed by atoms with Gasteiger partial charge in [-0.25, -0.2) is 52.1 Å². The molecule has 0 radical (unpaired) electrons. The van der Waals surface area contributed by atoms with Crippen LogP contribution in [0.3, 0.4) is 0 Å². The van der Waals surface area contributed by atoms with Gasteiger partial charge in [-0.05, 0) is 93.3 Å². The fourth-order valence-electron chi connectivity index (χ4n) is 9.00. The van der Waals surface area contributed by atoms with Crippen LogP contribution in [0.1, 0.15) is 79.5 Å². The Morgan fingerprint density at radius 3 is 1.91 bits per heavy atom. The van der Waals surface area contributed by atoms with Gasteiger partial charge >= 0.3 is 0 Å². The number of piperidine rings is 1. The van der Waals surface area contributed by atoms with Gasteiger partial charge in [-0.3, -0.25) is 15.2 Å². The van der Waals surface area contributed by atoms with Crippen LogP contribution in [0.15, 0.2) is 73.3 Å². The van der Waals surface area contributed by atoms with E-state index in [0.29, 0.717) is 101 Å². The van der Waals surface area contributed by atoms with Gasteiger partial charge < -0.3 is 20.0 Å². The van der Waals surface area contributed by atoms with E-state index >= 15 is 0 Å². The minimum Gasteiger partial charge on any atom is -0.391 e. The largest absolute Gasteiger partial charge is 0.391 e. The lowest BCUT2D eigenvalue weighted by Crippen LogP contribution is -2.46. The van der Waals surface area contributed by atoms with E-state index in [9.17, 15) is 27.5 Å². The number of hydrogen-bond donors (Lipinski definition) is 4. The molecule has 22 heteroatoms. The minimum absolute atomic E-state index is 0.0831. The second-order valence-corrected chi connectivity index (χ2v) is 17.6. The van der Waals surface area contributed by atoms with Gasteiger partial charge in [-0.1, -0.05) is 0 Å². The van der Waals surface area contributed by atoms with Gasteiger partial charge in [-0.2, -0.15) is 15.3 Å². The Balaban J connectivity index is 0.000000144. The molecule has 4 aliphatic heterocycles. The van der Waals surface area contributed by atoms with Crippen LogP contribution in [0.2, 0.25) is 0 Å². The lowest BCUT2D eigenvalue weighted by atomic mass is 10.0. The summed E-state index contributed by atoms with van der Waals surface area (Å²) in [6, 6.07) is 10.3. The Bertz CT molecular complexity index is 2950. The maximum Gasteiger partial charge on any atom is 0.236 e. The van der Waals surface area contributed by atoms with Crippen LogP contribution in [0.25, 0.3) is 22.7 Å². The van der Waals surface area contributed by atoms with E-state index in [-0.39, 0.29) is 24.5 Å². The maximum atomic E-state index is 14.5. The first-order valence-electron chi connectivity index (χ1n) is 21.9. The number of aromatic nitrogens is 9. The number of halogens is 4. The van der Waals surface area contributed by atoms with Crippen molar-refractivity contribution in [3.63, 3.8) is 0 Å².